The van der Waals surface area contributed by atoms with E-state index in [1.165, 1.54) is 36.2 Å². The Labute approximate surface area is 163 Å². The van der Waals surface area contributed by atoms with Crippen molar-refractivity contribution in [1.29, 1.82) is 0 Å². The van der Waals surface area contributed by atoms with Crippen molar-refractivity contribution in [3.05, 3.63) is 65.6 Å². The molecule has 1 atom stereocenters. The van der Waals surface area contributed by atoms with Gasteiger partial charge in [0, 0.05) is 18.0 Å². The van der Waals surface area contributed by atoms with E-state index in [-0.39, 0.29) is 18.1 Å². The van der Waals surface area contributed by atoms with E-state index < -0.39 is 17.7 Å². The normalized spacial score (nSPS) is 16.3. The Morgan fingerprint density at radius 2 is 1.93 bits per heavy atom. The van der Waals surface area contributed by atoms with Crippen LogP contribution in [0.25, 0.3) is 5.69 Å². The van der Waals surface area contributed by atoms with Crippen LogP contribution in [0.3, 0.4) is 0 Å². The first-order valence-corrected chi connectivity index (χ1v) is 8.69. The van der Waals surface area contributed by atoms with Gasteiger partial charge in [-0.15, -0.1) is 0 Å². The van der Waals surface area contributed by atoms with Gasteiger partial charge in [-0.25, -0.2) is 4.98 Å². The number of alkyl halides is 3. The quantitative estimate of drug-likeness (QED) is 0.691. The summed E-state index contributed by atoms with van der Waals surface area (Å²) in [5, 5.41) is 12.8. The Balaban J connectivity index is 1.74. The number of aromatic nitrogens is 2. The van der Waals surface area contributed by atoms with Crippen LogP contribution in [0.15, 0.2) is 48.8 Å². The van der Waals surface area contributed by atoms with Crippen molar-refractivity contribution in [3.63, 3.8) is 0 Å². The molecule has 2 aromatic carbocycles. The molecule has 29 heavy (non-hydrogen) atoms. The van der Waals surface area contributed by atoms with E-state index in [2.05, 4.69) is 10.3 Å². The van der Waals surface area contributed by atoms with Gasteiger partial charge in [-0.3, -0.25) is 9.36 Å². The maximum Gasteiger partial charge on any atom is 0.416 e. The molecule has 2 N–H and O–H groups in total. The molecule has 3 aromatic rings. The summed E-state index contributed by atoms with van der Waals surface area (Å²) < 4.78 is 45.0. The minimum absolute atomic E-state index is 0.0558. The lowest BCUT2D eigenvalue weighted by atomic mass is 9.89. The lowest BCUT2D eigenvalue weighted by Crippen LogP contribution is -2.24. The number of anilines is 1. The molecule has 6 nitrogen and oxygen atoms in total. The van der Waals surface area contributed by atoms with E-state index in [9.17, 15) is 23.1 Å². The zero-order chi connectivity index (χ0) is 20.8. The number of aromatic hydroxyl groups is 1. The second-order valence-corrected chi connectivity index (χ2v) is 6.63. The minimum atomic E-state index is -4.43. The summed E-state index contributed by atoms with van der Waals surface area (Å²) in [5.41, 5.74) is 0.919. The minimum Gasteiger partial charge on any atom is -0.504 e. The number of imidazole rings is 1. The van der Waals surface area contributed by atoms with E-state index >= 15 is 0 Å². The molecule has 0 spiro atoms. The molecule has 1 amide bonds. The Hall–Kier alpha value is -3.49. The van der Waals surface area contributed by atoms with Crippen molar-refractivity contribution in [2.75, 3.05) is 12.4 Å². The molecule has 0 saturated carbocycles. The van der Waals surface area contributed by atoms with Gasteiger partial charge in [0.25, 0.3) is 0 Å². The molecule has 1 aliphatic rings. The Kier molecular flexibility index (Phi) is 4.45. The number of phenols is 1. The number of hydrogen-bond acceptors (Lipinski definition) is 4. The number of phenolic OH excluding ortho intramolecular Hbond substituents is 1. The molecule has 0 radical (unpaired) electrons. The first kappa shape index (κ1) is 18.9. The van der Waals surface area contributed by atoms with Crippen LogP contribution >= 0.6 is 0 Å². The number of benzene rings is 2. The van der Waals surface area contributed by atoms with Gasteiger partial charge in [0.1, 0.15) is 12.1 Å². The van der Waals surface area contributed by atoms with E-state index in [0.29, 0.717) is 28.5 Å². The van der Waals surface area contributed by atoms with Gasteiger partial charge >= 0.3 is 6.18 Å². The van der Waals surface area contributed by atoms with Gasteiger partial charge in [0.05, 0.1) is 18.4 Å². The molecule has 2 heterocycles. The van der Waals surface area contributed by atoms with E-state index in [1.807, 2.05) is 0 Å². The van der Waals surface area contributed by atoms with Crippen LogP contribution < -0.4 is 10.1 Å². The summed E-state index contributed by atoms with van der Waals surface area (Å²) in [6, 6.07) is 9.45. The van der Waals surface area contributed by atoms with Crippen molar-refractivity contribution in [3.8, 4) is 17.2 Å². The average molecular weight is 403 g/mol. The highest BCUT2D eigenvalue weighted by Crippen LogP contribution is 2.40. The van der Waals surface area contributed by atoms with Crippen LogP contribution in [-0.4, -0.2) is 27.7 Å². The van der Waals surface area contributed by atoms with Gasteiger partial charge in [0.2, 0.25) is 5.91 Å². The van der Waals surface area contributed by atoms with Crippen LogP contribution in [0.5, 0.6) is 11.5 Å². The number of fused-ring (bicyclic) bond motifs is 1. The molecule has 0 aliphatic carbocycles. The third kappa shape index (κ3) is 3.39. The first-order valence-electron chi connectivity index (χ1n) is 8.69. The molecular weight excluding hydrogens is 387 g/mol. The Morgan fingerprint density at radius 3 is 2.55 bits per heavy atom. The summed E-state index contributed by atoms with van der Waals surface area (Å²) >= 11 is 0. The standard InChI is InChI=1S/C20H16F3N3O3/c1-29-16-7-2-11(8-15(16)27)14-9-17(28)25-19-18(14)24-10-26(19)13-5-3-12(4-6-13)20(21,22)23/h2-8,10,14,27H,9H2,1H3,(H,25,28)/t14-/m1/s1. The number of carbonyl (C=O) groups excluding carboxylic acids is 1. The van der Waals surface area contributed by atoms with Crippen molar-refractivity contribution >= 4 is 11.7 Å². The van der Waals surface area contributed by atoms with Crippen LogP contribution in [0.1, 0.15) is 29.2 Å². The van der Waals surface area contributed by atoms with Crippen molar-refractivity contribution < 1.29 is 27.8 Å². The molecule has 4 rings (SSSR count). The third-order valence-electron chi connectivity index (χ3n) is 4.85. The number of methoxy groups -OCH3 is 1. The number of hydrogen-bond donors (Lipinski definition) is 2. The summed E-state index contributed by atoms with van der Waals surface area (Å²) in [4.78, 5) is 16.7. The predicted octanol–water partition coefficient (Wildman–Crippen LogP) is 4.08. The molecule has 1 aromatic heterocycles. The second kappa shape index (κ2) is 6.84. The first-order chi connectivity index (χ1) is 13.8. The molecule has 0 unspecified atom stereocenters. The largest absolute Gasteiger partial charge is 0.504 e. The molecule has 1 aliphatic heterocycles. The number of halogens is 3. The van der Waals surface area contributed by atoms with Gasteiger partial charge in [-0.1, -0.05) is 6.07 Å². The van der Waals surface area contributed by atoms with Crippen LogP contribution in [0.4, 0.5) is 19.0 Å². The molecule has 0 bridgehead atoms. The molecule has 9 heteroatoms. The number of ether oxygens (including phenoxy) is 1. The molecule has 0 saturated heterocycles. The SMILES string of the molecule is COc1ccc([C@H]2CC(=O)Nc3c2ncn3-c2ccc(C(F)(F)F)cc2)cc1O. The van der Waals surface area contributed by atoms with E-state index in [4.69, 9.17) is 4.74 Å². The second-order valence-electron chi connectivity index (χ2n) is 6.63. The molecule has 0 fully saturated rings. The number of amides is 1. The fourth-order valence-corrected chi connectivity index (χ4v) is 3.41. The molecule has 150 valence electrons. The van der Waals surface area contributed by atoms with E-state index in [0.717, 1.165) is 12.1 Å². The maximum atomic E-state index is 12.8. The van der Waals surface area contributed by atoms with E-state index in [1.54, 1.807) is 12.1 Å². The number of carbonyl (C=O) groups is 1. The highest BCUT2D eigenvalue weighted by atomic mass is 19.4. The van der Waals surface area contributed by atoms with Crippen molar-refractivity contribution in [2.24, 2.45) is 0 Å². The van der Waals surface area contributed by atoms with Gasteiger partial charge in [-0.2, -0.15) is 13.2 Å². The van der Waals surface area contributed by atoms with Gasteiger partial charge in [-0.05, 0) is 42.0 Å². The zero-order valence-corrected chi connectivity index (χ0v) is 15.2. The summed E-state index contributed by atoms with van der Waals surface area (Å²) in [7, 11) is 1.44. The fraction of sp³-hybridized carbons (Fsp3) is 0.200. The smallest absolute Gasteiger partial charge is 0.416 e. The zero-order valence-electron chi connectivity index (χ0n) is 15.2. The highest BCUT2D eigenvalue weighted by Gasteiger charge is 2.32. The van der Waals surface area contributed by atoms with Crippen LogP contribution in [0, 0.1) is 0 Å². The topological polar surface area (TPSA) is 76.4 Å². The lowest BCUT2D eigenvalue weighted by molar-refractivity contribution is -0.137. The van der Waals surface area contributed by atoms with Crippen molar-refractivity contribution in [1.82, 2.24) is 9.55 Å². The van der Waals surface area contributed by atoms with Gasteiger partial charge < -0.3 is 15.2 Å². The Bertz CT molecular complexity index is 1070. The van der Waals surface area contributed by atoms with Crippen molar-refractivity contribution in [2.45, 2.75) is 18.5 Å². The summed E-state index contributed by atoms with van der Waals surface area (Å²) in [6.07, 6.45) is -2.85. The van der Waals surface area contributed by atoms with Crippen LogP contribution in [0.2, 0.25) is 0 Å². The monoisotopic (exact) mass is 403 g/mol. The number of nitrogens with one attached hydrogen (secondary N) is 1. The average Bonchev–Trinajstić information content (AvgIpc) is 3.10. The Morgan fingerprint density at radius 1 is 1.21 bits per heavy atom. The van der Waals surface area contributed by atoms with Crippen LogP contribution in [-0.2, 0) is 11.0 Å². The lowest BCUT2D eigenvalue weighted by Gasteiger charge is -2.23. The number of nitrogens with zero attached hydrogens (tertiary/aromatic N) is 2. The third-order valence-corrected chi connectivity index (χ3v) is 4.85. The summed E-state index contributed by atoms with van der Waals surface area (Å²) in [6.45, 7) is 0. The predicted molar refractivity (Wildman–Crippen MR) is 98.3 cm³/mol. The molecular formula is C20H16F3N3O3. The number of rotatable bonds is 3. The van der Waals surface area contributed by atoms with Gasteiger partial charge in [0.15, 0.2) is 11.5 Å². The fourth-order valence-electron chi connectivity index (χ4n) is 3.41. The maximum absolute atomic E-state index is 12.8. The highest BCUT2D eigenvalue weighted by molar-refractivity contribution is 5.94. The summed E-state index contributed by atoms with van der Waals surface area (Å²) in [5.74, 6) is -0.0248.